The van der Waals surface area contributed by atoms with E-state index in [0.29, 0.717) is 19.4 Å². The van der Waals surface area contributed by atoms with Crippen molar-refractivity contribution >= 4 is 117 Å². The first-order chi connectivity index (χ1) is 19.8. The fourth-order valence-electron chi connectivity index (χ4n) is 4.05. The van der Waals surface area contributed by atoms with E-state index in [1.807, 2.05) is 6.92 Å². The lowest BCUT2D eigenvalue weighted by Crippen LogP contribution is -2.53. The quantitative estimate of drug-likeness (QED) is 0.119. The molecule has 258 valence electrons. The molecule has 3 rings (SSSR count). The first-order valence-electron chi connectivity index (χ1n) is 12.9. The molecule has 45 heavy (non-hydrogen) atoms. The Labute approximate surface area is 318 Å². The number of nitrogens with one attached hydrogen (secondary N) is 1. The summed E-state index contributed by atoms with van der Waals surface area (Å²) in [6.07, 6.45) is 4.90. The Balaban J connectivity index is 0. The van der Waals surface area contributed by atoms with Gasteiger partial charge < -0.3 is 14.8 Å². The second-order valence-corrected chi connectivity index (χ2v) is 58.7. The van der Waals surface area contributed by atoms with Crippen molar-refractivity contribution in [3.8, 4) is 0 Å². The van der Waals surface area contributed by atoms with Gasteiger partial charge in [-0.3, -0.25) is 19.2 Å². The van der Waals surface area contributed by atoms with Crippen LogP contribution in [0.4, 0.5) is 0 Å². The minimum atomic E-state index is -4.00. The van der Waals surface area contributed by atoms with Crippen LogP contribution in [0.25, 0.3) is 0 Å². The maximum absolute atomic E-state index is 12.8. The number of amides is 2. The van der Waals surface area contributed by atoms with Crippen LogP contribution in [0.15, 0.2) is 54.5 Å². The number of sulfonamides is 1. The molecule has 2 fully saturated rings. The average Bonchev–Trinajstić information content (AvgIpc) is 2.93. The number of ether oxygens (including phenoxy) is 2. The van der Waals surface area contributed by atoms with Crippen molar-refractivity contribution in [2.75, 3.05) is 26.3 Å². The van der Waals surface area contributed by atoms with Crippen molar-refractivity contribution in [1.29, 1.82) is 0 Å². The summed E-state index contributed by atoms with van der Waals surface area (Å²) in [6.45, 7) is 12.6. The zero-order chi connectivity index (χ0) is 33.1. The number of aryl methyl sites for hydroxylation is 1. The molecule has 1 N–H and O–H groups in total. The SMILES string of the molecule is C.C.C=CCOC(=O)C1(C)CCCN(S(=O)(=O)c2ccc(C)cc2)C1=O.C=CCOC(=O)C1(C)CCCNC1=O.IS(I)(I)I. The number of hydrogen-bond acceptors (Lipinski definition) is 8. The molecule has 0 aromatic heterocycles. The van der Waals surface area contributed by atoms with Crippen LogP contribution < -0.4 is 5.32 Å². The number of nitrogens with zero attached hydrogens (tertiary/aromatic N) is 1. The number of benzene rings is 1. The predicted octanol–water partition coefficient (Wildman–Crippen LogP) is 8.14. The van der Waals surface area contributed by atoms with Gasteiger partial charge in [0.25, 0.3) is 15.9 Å². The van der Waals surface area contributed by atoms with Crippen LogP contribution in [-0.2, 0) is 38.7 Å². The van der Waals surface area contributed by atoms with Gasteiger partial charge in [0.05, 0.1) is 4.90 Å². The Morgan fingerprint density at radius 2 is 1.36 bits per heavy atom. The average molecular weight is 1120 g/mol. The lowest BCUT2D eigenvalue weighted by Gasteiger charge is -2.36. The highest BCUT2D eigenvalue weighted by Crippen LogP contribution is 2.77. The van der Waals surface area contributed by atoms with E-state index in [1.54, 1.807) is 19.1 Å². The van der Waals surface area contributed by atoms with Crippen molar-refractivity contribution < 1.29 is 37.1 Å². The summed E-state index contributed by atoms with van der Waals surface area (Å²) >= 11 is 9.68. The molecule has 2 saturated heterocycles. The zero-order valence-electron chi connectivity index (χ0n) is 24.1. The second-order valence-electron chi connectivity index (χ2n) is 9.95. The van der Waals surface area contributed by atoms with Crippen LogP contribution in [0.5, 0.6) is 0 Å². The van der Waals surface area contributed by atoms with Crippen LogP contribution in [-0.4, -0.2) is 62.8 Å². The fourth-order valence-corrected chi connectivity index (χ4v) is 5.57. The number of carbonyl (C=O) groups excluding carboxylic acids is 4. The van der Waals surface area contributed by atoms with Crippen LogP contribution in [0.2, 0.25) is 0 Å². The van der Waals surface area contributed by atoms with E-state index in [2.05, 4.69) is 103 Å². The molecule has 2 unspecified atom stereocenters. The van der Waals surface area contributed by atoms with E-state index >= 15 is 0 Å². The van der Waals surface area contributed by atoms with E-state index in [4.69, 9.17) is 9.47 Å². The third kappa shape index (κ3) is 14.4. The normalized spacial score (nSPS) is 21.4. The summed E-state index contributed by atoms with van der Waals surface area (Å²) in [5.74, 6) is -2.17. The van der Waals surface area contributed by atoms with Crippen LogP contribution in [0.1, 0.15) is 59.9 Å². The monoisotopic (exact) mass is 1120 g/mol. The third-order valence-corrected chi connectivity index (χ3v) is 8.35. The van der Waals surface area contributed by atoms with Crippen LogP contribution in [0, 0.1) is 17.8 Å². The summed E-state index contributed by atoms with van der Waals surface area (Å²) in [7, 11) is -4.00. The second kappa shape index (κ2) is 21.0. The van der Waals surface area contributed by atoms with Gasteiger partial charge in [-0.2, -0.15) is 0 Å². The smallest absolute Gasteiger partial charge is 0.321 e. The molecule has 2 aliphatic heterocycles. The van der Waals surface area contributed by atoms with Gasteiger partial charge in [-0.1, -0.05) is 57.9 Å². The molecule has 0 saturated carbocycles. The lowest BCUT2D eigenvalue weighted by atomic mass is 9.82. The largest absolute Gasteiger partial charge is 0.461 e. The molecule has 0 bridgehead atoms. The highest BCUT2D eigenvalue weighted by atomic mass is 127. The van der Waals surface area contributed by atoms with Gasteiger partial charge in [0, 0.05) is 97.9 Å². The topological polar surface area (TPSA) is 136 Å². The van der Waals surface area contributed by atoms with Gasteiger partial charge in [0.2, 0.25) is 5.91 Å². The molecule has 10 nitrogen and oxygen atoms in total. The summed E-state index contributed by atoms with van der Waals surface area (Å²) in [5, 5.41) is 2.66. The number of halogens is 4. The van der Waals surface area contributed by atoms with E-state index in [1.165, 1.54) is 31.2 Å². The van der Waals surface area contributed by atoms with Crippen molar-refractivity contribution in [2.45, 2.75) is 66.2 Å². The molecule has 2 heterocycles. The molecule has 1 aromatic rings. The van der Waals surface area contributed by atoms with E-state index in [0.717, 1.165) is 16.3 Å². The van der Waals surface area contributed by atoms with Crippen LogP contribution in [0.3, 0.4) is 0 Å². The molecule has 0 spiro atoms. The highest BCUT2D eigenvalue weighted by molar-refractivity contribution is 14.6. The highest BCUT2D eigenvalue weighted by Gasteiger charge is 2.50. The van der Waals surface area contributed by atoms with Crippen molar-refractivity contribution in [1.82, 2.24) is 9.62 Å². The molecule has 2 aliphatic rings. The van der Waals surface area contributed by atoms with Crippen molar-refractivity contribution in [3.05, 3.63) is 55.1 Å². The van der Waals surface area contributed by atoms with E-state index in [-0.39, 0.29) is 50.5 Å². The fraction of sp³-hybridized carbons (Fsp3) is 0.517. The first-order valence-corrected chi connectivity index (χ1v) is 26.2. The number of carbonyl (C=O) groups is 4. The van der Waals surface area contributed by atoms with Crippen molar-refractivity contribution in [2.24, 2.45) is 10.8 Å². The number of piperidine rings is 2. The van der Waals surface area contributed by atoms with Crippen molar-refractivity contribution in [3.63, 3.8) is 0 Å². The molecular formula is C29H44I4N2O8S2. The Kier molecular flexibility index (Phi) is 21.9. The van der Waals surface area contributed by atoms with Crippen LogP contribution >= 0.6 is 83.5 Å². The Bertz CT molecular complexity index is 1280. The first kappa shape index (κ1) is 46.9. The molecular weight excluding hydrogens is 1080 g/mol. The molecule has 2 atom stereocenters. The predicted molar refractivity (Wildman–Crippen MR) is 217 cm³/mol. The van der Waals surface area contributed by atoms with Gasteiger partial charge in [0.1, 0.15) is 24.0 Å². The zero-order valence-corrected chi connectivity index (χ0v) is 34.3. The van der Waals surface area contributed by atoms with Gasteiger partial charge in [-0.25, -0.2) is 12.7 Å². The van der Waals surface area contributed by atoms with Gasteiger partial charge in [0.15, 0.2) is 0 Å². The molecule has 0 radical (unpaired) electrons. The van der Waals surface area contributed by atoms with Gasteiger partial charge in [-0.05, 0) is 57.3 Å². The van der Waals surface area contributed by atoms with E-state index in [9.17, 15) is 27.6 Å². The number of rotatable bonds is 8. The standard InChI is InChI=1S/C17H21NO5S.C10H15NO3.2CH4.I4S/c1-4-12-23-16(20)17(3)10-5-11-18(15(17)19)24(21,22)14-8-6-13(2)7-9-14;1-3-7-14-9(13)10(2)5-4-6-11-8(10)12;;;1-5(2,3)4/h4,6-9H,1,5,10-12H2,2-3H3;3H,1,4-7H2,2H3,(H,11,12);2*1H4;. The van der Waals surface area contributed by atoms with E-state index < -0.39 is 38.7 Å². The Hall–Kier alpha value is -0.200. The maximum atomic E-state index is 12.8. The number of esters is 2. The van der Waals surface area contributed by atoms with Gasteiger partial charge in [-0.15, -0.1) is 0 Å². The molecule has 1 aromatic carbocycles. The third-order valence-electron chi connectivity index (χ3n) is 6.55. The lowest BCUT2D eigenvalue weighted by molar-refractivity contribution is -0.164. The Morgan fingerprint density at radius 1 is 0.911 bits per heavy atom. The molecule has 0 aliphatic carbocycles. The summed E-state index contributed by atoms with van der Waals surface area (Å²) in [6, 6.07) is 6.25. The summed E-state index contributed by atoms with van der Waals surface area (Å²) in [5.41, 5.74) is -1.60. The summed E-state index contributed by atoms with van der Waals surface area (Å²) in [4.78, 5) is 48.1. The minimum absolute atomic E-state index is 0. The molecule has 16 heteroatoms. The summed E-state index contributed by atoms with van der Waals surface area (Å²) < 4.78 is 35.9. The van der Waals surface area contributed by atoms with Gasteiger partial charge >= 0.3 is 11.9 Å². The number of hydrogen-bond donors (Lipinski definition) is 1. The maximum Gasteiger partial charge on any atom is 0.321 e. The molecule has 2 amide bonds. The minimum Gasteiger partial charge on any atom is -0.461 e. The Morgan fingerprint density at radius 3 is 1.80 bits per heavy atom.